The van der Waals surface area contributed by atoms with Crippen LogP contribution in [0.15, 0.2) is 29.4 Å². The van der Waals surface area contributed by atoms with Crippen molar-refractivity contribution < 1.29 is 9.47 Å². The van der Waals surface area contributed by atoms with Gasteiger partial charge in [0.15, 0.2) is 0 Å². The number of nitrogens with zero attached hydrogens (tertiary/aromatic N) is 3. The molecule has 84 valence electrons. The van der Waals surface area contributed by atoms with Gasteiger partial charge in [0.25, 0.3) is 0 Å². The largest absolute Gasteiger partial charge is 0.491 e. The summed E-state index contributed by atoms with van der Waals surface area (Å²) >= 11 is 0. The van der Waals surface area contributed by atoms with E-state index >= 15 is 0 Å². The summed E-state index contributed by atoms with van der Waals surface area (Å²) in [6.45, 7) is 1.42. The Hall–Kier alpha value is -1.71. The summed E-state index contributed by atoms with van der Waals surface area (Å²) < 4.78 is 11.0. The maximum absolute atomic E-state index is 8.25. The average molecular weight is 219 g/mol. The molecule has 1 heterocycles. The molecule has 0 saturated carbocycles. The highest BCUT2D eigenvalue weighted by atomic mass is 16.5. The minimum absolute atomic E-state index is 0.219. The first-order chi connectivity index (χ1) is 7.88. The molecule has 1 saturated heterocycles. The Labute approximate surface area is 93.6 Å². The molecule has 0 unspecified atom stereocenters. The predicted octanol–water partition coefficient (Wildman–Crippen LogP) is 3.19. The van der Waals surface area contributed by atoms with Crippen LogP contribution in [0.1, 0.15) is 12.8 Å². The van der Waals surface area contributed by atoms with Gasteiger partial charge in [0.1, 0.15) is 12.4 Å². The van der Waals surface area contributed by atoms with Crippen LogP contribution in [0.3, 0.4) is 0 Å². The second-order valence-electron chi connectivity index (χ2n) is 3.63. The topological polar surface area (TPSA) is 67.2 Å². The molecule has 5 heteroatoms. The lowest BCUT2D eigenvalue weighted by molar-refractivity contribution is 0.0679. The molecule has 1 aromatic carbocycles. The highest BCUT2D eigenvalue weighted by Gasteiger charge is 2.15. The molecule has 0 bridgehead atoms. The minimum Gasteiger partial charge on any atom is -0.491 e. The number of hydrogen-bond acceptors (Lipinski definition) is 3. The molecule has 1 atom stereocenters. The van der Waals surface area contributed by atoms with Crippen LogP contribution < -0.4 is 4.74 Å². The lowest BCUT2D eigenvalue weighted by Gasteiger charge is -2.11. The Kier molecular flexibility index (Phi) is 3.64. The fourth-order valence-corrected chi connectivity index (χ4v) is 1.63. The van der Waals surface area contributed by atoms with Gasteiger partial charge in [-0.15, -0.1) is 0 Å². The van der Waals surface area contributed by atoms with E-state index in [2.05, 4.69) is 10.0 Å². The van der Waals surface area contributed by atoms with Gasteiger partial charge < -0.3 is 9.47 Å². The second-order valence-corrected chi connectivity index (χ2v) is 3.63. The van der Waals surface area contributed by atoms with Crippen molar-refractivity contribution in [1.82, 2.24) is 0 Å². The van der Waals surface area contributed by atoms with Gasteiger partial charge in [-0.2, -0.15) is 0 Å². The smallest absolute Gasteiger partial charge is 0.119 e. The van der Waals surface area contributed by atoms with Gasteiger partial charge in [-0.1, -0.05) is 5.11 Å². The van der Waals surface area contributed by atoms with E-state index in [1.807, 2.05) is 0 Å². The van der Waals surface area contributed by atoms with Crippen molar-refractivity contribution in [3.63, 3.8) is 0 Å². The first-order valence-electron chi connectivity index (χ1n) is 5.28. The van der Waals surface area contributed by atoms with Crippen LogP contribution in [0.5, 0.6) is 5.75 Å². The van der Waals surface area contributed by atoms with Crippen molar-refractivity contribution in [1.29, 1.82) is 0 Å². The Morgan fingerprint density at radius 3 is 2.88 bits per heavy atom. The molecule has 1 fully saturated rings. The van der Waals surface area contributed by atoms with Crippen molar-refractivity contribution in [3.8, 4) is 5.75 Å². The molecule has 1 aromatic rings. The zero-order chi connectivity index (χ0) is 11.2. The normalized spacial score (nSPS) is 19.1. The fraction of sp³-hybridized carbons (Fsp3) is 0.455. The molecule has 5 nitrogen and oxygen atoms in total. The molecule has 0 aromatic heterocycles. The molecule has 0 spiro atoms. The maximum atomic E-state index is 8.25. The first kappa shape index (κ1) is 10.8. The third kappa shape index (κ3) is 2.89. The monoisotopic (exact) mass is 219 g/mol. The van der Waals surface area contributed by atoms with E-state index in [-0.39, 0.29) is 6.10 Å². The summed E-state index contributed by atoms with van der Waals surface area (Å²) in [7, 11) is 0. The van der Waals surface area contributed by atoms with Crippen LogP contribution in [0.2, 0.25) is 0 Å². The number of rotatable bonds is 4. The molecule has 1 aliphatic heterocycles. The van der Waals surface area contributed by atoms with Crippen LogP contribution in [0, 0.1) is 0 Å². The zero-order valence-electron chi connectivity index (χ0n) is 8.87. The van der Waals surface area contributed by atoms with E-state index in [4.69, 9.17) is 15.0 Å². The van der Waals surface area contributed by atoms with Crippen LogP contribution in [-0.2, 0) is 4.74 Å². The molecule has 0 amide bonds. The lowest BCUT2D eigenvalue weighted by atomic mass is 10.2. The number of ether oxygens (including phenoxy) is 2. The highest BCUT2D eigenvalue weighted by Crippen LogP contribution is 2.19. The summed E-state index contributed by atoms with van der Waals surface area (Å²) in [5, 5.41) is 3.49. The van der Waals surface area contributed by atoms with Gasteiger partial charge in [-0.25, -0.2) is 0 Å². The van der Waals surface area contributed by atoms with Crippen LogP contribution >= 0.6 is 0 Å². The fourth-order valence-electron chi connectivity index (χ4n) is 1.63. The molecule has 1 aliphatic rings. The Morgan fingerprint density at radius 2 is 2.25 bits per heavy atom. The molecule has 16 heavy (non-hydrogen) atoms. The minimum atomic E-state index is 0.219. The summed E-state index contributed by atoms with van der Waals surface area (Å²) in [6.07, 6.45) is 2.40. The molecular formula is C11H13N3O2. The molecule has 0 N–H and O–H groups in total. The Morgan fingerprint density at radius 1 is 1.44 bits per heavy atom. The molecule has 0 aliphatic carbocycles. The first-order valence-corrected chi connectivity index (χ1v) is 5.28. The van der Waals surface area contributed by atoms with Gasteiger partial charge in [0.2, 0.25) is 0 Å². The molecule has 0 radical (unpaired) electrons. The SMILES string of the molecule is [N-]=[N+]=Nc1ccc(OC[C@@H]2CCCO2)cc1. The summed E-state index contributed by atoms with van der Waals surface area (Å²) in [4.78, 5) is 2.71. The third-order valence-corrected chi connectivity index (χ3v) is 2.46. The van der Waals surface area contributed by atoms with Gasteiger partial charge in [-0.05, 0) is 42.6 Å². The number of hydrogen-bond donors (Lipinski definition) is 0. The van der Waals surface area contributed by atoms with Crippen molar-refractivity contribution in [2.45, 2.75) is 18.9 Å². The van der Waals surface area contributed by atoms with Crippen molar-refractivity contribution >= 4 is 5.69 Å². The zero-order valence-corrected chi connectivity index (χ0v) is 8.87. The van der Waals surface area contributed by atoms with E-state index in [0.29, 0.717) is 12.3 Å². The second kappa shape index (κ2) is 5.39. The van der Waals surface area contributed by atoms with Crippen LogP contribution in [0.25, 0.3) is 10.4 Å². The number of azide groups is 1. The van der Waals surface area contributed by atoms with E-state index in [9.17, 15) is 0 Å². The van der Waals surface area contributed by atoms with E-state index in [1.54, 1.807) is 24.3 Å². The van der Waals surface area contributed by atoms with E-state index in [1.165, 1.54) is 0 Å². The number of benzene rings is 1. The summed E-state index contributed by atoms with van der Waals surface area (Å²) in [6, 6.07) is 7.03. The van der Waals surface area contributed by atoms with E-state index < -0.39 is 0 Å². The highest BCUT2D eigenvalue weighted by molar-refractivity contribution is 5.40. The molecule has 2 rings (SSSR count). The van der Waals surface area contributed by atoms with Crippen molar-refractivity contribution in [2.24, 2.45) is 5.11 Å². The molecular weight excluding hydrogens is 206 g/mol. The summed E-state index contributed by atoms with van der Waals surface area (Å²) in [5.41, 5.74) is 8.84. The van der Waals surface area contributed by atoms with Crippen molar-refractivity contribution in [3.05, 3.63) is 34.7 Å². The maximum Gasteiger partial charge on any atom is 0.119 e. The van der Waals surface area contributed by atoms with Crippen molar-refractivity contribution in [2.75, 3.05) is 13.2 Å². The lowest BCUT2D eigenvalue weighted by Crippen LogP contribution is -2.16. The van der Waals surface area contributed by atoms with Crippen LogP contribution in [0.4, 0.5) is 5.69 Å². The quantitative estimate of drug-likeness (QED) is 0.443. The standard InChI is InChI=1S/C11H13N3O2/c12-14-13-9-3-5-10(6-4-9)16-8-11-2-1-7-15-11/h3-6,11H,1-2,7-8H2/t11-/m0/s1. The Bertz CT molecular complexity index is 379. The Balaban J connectivity index is 1.86. The van der Waals surface area contributed by atoms with Crippen LogP contribution in [-0.4, -0.2) is 19.3 Å². The summed E-state index contributed by atoms with van der Waals surface area (Å²) in [5.74, 6) is 0.771. The third-order valence-electron chi connectivity index (χ3n) is 2.46. The average Bonchev–Trinajstić information content (AvgIpc) is 2.82. The van der Waals surface area contributed by atoms with Gasteiger partial charge in [-0.3, -0.25) is 0 Å². The van der Waals surface area contributed by atoms with Gasteiger partial charge in [0.05, 0.1) is 6.10 Å². The predicted molar refractivity (Wildman–Crippen MR) is 59.7 cm³/mol. The van der Waals surface area contributed by atoms with E-state index in [0.717, 1.165) is 25.2 Å². The van der Waals surface area contributed by atoms with Gasteiger partial charge >= 0.3 is 0 Å². The van der Waals surface area contributed by atoms with Gasteiger partial charge in [0, 0.05) is 17.2 Å².